The van der Waals surface area contributed by atoms with E-state index in [-0.39, 0.29) is 16.1 Å². The van der Waals surface area contributed by atoms with Gasteiger partial charge in [-0.1, -0.05) is 17.7 Å². The van der Waals surface area contributed by atoms with Gasteiger partial charge in [-0.05, 0) is 18.2 Å². The monoisotopic (exact) mass is 269 g/mol. The maximum Gasteiger partial charge on any atom is 0.272 e. The van der Waals surface area contributed by atoms with Crippen molar-refractivity contribution in [2.45, 2.75) is 0 Å². The van der Waals surface area contributed by atoms with Gasteiger partial charge in [0, 0.05) is 17.2 Å². The summed E-state index contributed by atoms with van der Waals surface area (Å²) in [4.78, 5) is 9.75. The summed E-state index contributed by atoms with van der Waals surface area (Å²) in [5.41, 5.74) is -0.612. The predicted octanol–water partition coefficient (Wildman–Crippen LogP) is 4.19. The van der Waals surface area contributed by atoms with Gasteiger partial charge in [-0.3, -0.25) is 10.1 Å². The minimum absolute atomic E-state index is 0.0442. The Morgan fingerprint density at radius 2 is 1.83 bits per heavy atom. The Kier molecular flexibility index (Phi) is 3.25. The number of nitro groups is 1. The highest BCUT2D eigenvalue weighted by molar-refractivity contribution is 6.33. The Morgan fingerprint density at radius 1 is 1.11 bits per heavy atom. The number of nitrogens with zero attached hydrogens (tertiary/aromatic N) is 1. The van der Waals surface area contributed by atoms with E-state index in [1.54, 1.807) is 0 Å². The smallest absolute Gasteiger partial charge is 0.258 e. The SMILES string of the molecule is O=[N+]([O-])c1ccc(-c2c(F)cccc2Cl)c(F)c1. The largest absolute Gasteiger partial charge is 0.272 e. The average molecular weight is 270 g/mol. The van der Waals surface area contributed by atoms with Crippen LogP contribution in [0.25, 0.3) is 11.1 Å². The summed E-state index contributed by atoms with van der Waals surface area (Å²) < 4.78 is 27.3. The highest BCUT2D eigenvalue weighted by Gasteiger charge is 2.16. The summed E-state index contributed by atoms with van der Waals surface area (Å²) in [7, 11) is 0. The molecular formula is C12H6ClF2NO2. The van der Waals surface area contributed by atoms with Crippen LogP contribution in [0.15, 0.2) is 36.4 Å². The molecule has 0 aliphatic carbocycles. The van der Waals surface area contributed by atoms with Crippen LogP contribution in [0.4, 0.5) is 14.5 Å². The van der Waals surface area contributed by atoms with Gasteiger partial charge >= 0.3 is 0 Å². The number of hydrogen-bond donors (Lipinski definition) is 0. The molecule has 0 saturated heterocycles. The van der Waals surface area contributed by atoms with Crippen LogP contribution in [0.5, 0.6) is 0 Å². The quantitative estimate of drug-likeness (QED) is 0.606. The Balaban J connectivity index is 2.62. The second kappa shape index (κ2) is 4.70. The highest BCUT2D eigenvalue weighted by atomic mass is 35.5. The van der Waals surface area contributed by atoms with Crippen LogP contribution in [0, 0.1) is 21.7 Å². The molecule has 0 aromatic heterocycles. The van der Waals surface area contributed by atoms with E-state index in [4.69, 9.17) is 11.6 Å². The van der Waals surface area contributed by atoms with Crippen LogP contribution < -0.4 is 0 Å². The number of rotatable bonds is 2. The summed E-state index contributed by atoms with van der Waals surface area (Å²) in [5, 5.41) is 10.5. The Labute approximate surface area is 106 Å². The van der Waals surface area contributed by atoms with Crippen molar-refractivity contribution in [2.75, 3.05) is 0 Å². The van der Waals surface area contributed by atoms with Crippen molar-refractivity contribution < 1.29 is 13.7 Å². The first-order chi connectivity index (χ1) is 8.50. The third-order valence-electron chi connectivity index (χ3n) is 2.40. The molecule has 0 atom stereocenters. The van der Waals surface area contributed by atoms with Crippen molar-refractivity contribution in [3.8, 4) is 11.1 Å². The van der Waals surface area contributed by atoms with Crippen molar-refractivity contribution in [1.82, 2.24) is 0 Å². The number of halogens is 3. The van der Waals surface area contributed by atoms with Crippen LogP contribution in [-0.2, 0) is 0 Å². The van der Waals surface area contributed by atoms with Crippen molar-refractivity contribution in [3.05, 3.63) is 63.2 Å². The van der Waals surface area contributed by atoms with Gasteiger partial charge in [0.15, 0.2) is 0 Å². The van der Waals surface area contributed by atoms with Gasteiger partial charge in [0.25, 0.3) is 5.69 Å². The van der Waals surface area contributed by atoms with Crippen molar-refractivity contribution in [3.63, 3.8) is 0 Å². The normalized spacial score (nSPS) is 10.4. The first kappa shape index (κ1) is 12.4. The first-order valence-electron chi connectivity index (χ1n) is 4.89. The molecule has 0 fully saturated rings. The summed E-state index contributed by atoms with van der Waals surface area (Å²) in [6.07, 6.45) is 0. The molecule has 0 saturated carbocycles. The zero-order valence-electron chi connectivity index (χ0n) is 8.86. The molecule has 2 aromatic rings. The van der Waals surface area contributed by atoms with E-state index < -0.39 is 22.2 Å². The fraction of sp³-hybridized carbons (Fsp3) is 0. The van der Waals surface area contributed by atoms with E-state index in [2.05, 4.69) is 0 Å². The minimum Gasteiger partial charge on any atom is -0.258 e. The van der Waals surface area contributed by atoms with Crippen LogP contribution in [0.3, 0.4) is 0 Å². The van der Waals surface area contributed by atoms with E-state index in [9.17, 15) is 18.9 Å². The summed E-state index contributed by atoms with van der Waals surface area (Å²) in [5.74, 6) is -1.58. The molecule has 0 N–H and O–H groups in total. The standard InChI is InChI=1S/C12H6ClF2NO2/c13-9-2-1-3-10(14)12(9)8-5-4-7(16(17)18)6-11(8)15/h1-6H. The molecule has 0 radical (unpaired) electrons. The molecule has 2 aromatic carbocycles. The summed E-state index contributed by atoms with van der Waals surface area (Å²) >= 11 is 5.80. The van der Waals surface area contributed by atoms with Gasteiger partial charge in [-0.2, -0.15) is 0 Å². The molecule has 18 heavy (non-hydrogen) atoms. The molecule has 2 rings (SSSR count). The maximum atomic E-state index is 13.7. The van der Waals surface area contributed by atoms with Gasteiger partial charge in [-0.25, -0.2) is 8.78 Å². The zero-order chi connectivity index (χ0) is 13.3. The van der Waals surface area contributed by atoms with E-state index in [0.29, 0.717) is 0 Å². The second-order valence-electron chi connectivity index (χ2n) is 3.52. The van der Waals surface area contributed by atoms with Crippen molar-refractivity contribution in [2.24, 2.45) is 0 Å². The maximum absolute atomic E-state index is 13.7. The predicted molar refractivity (Wildman–Crippen MR) is 63.5 cm³/mol. The van der Waals surface area contributed by atoms with Gasteiger partial charge in [-0.15, -0.1) is 0 Å². The Bertz CT molecular complexity index is 611. The van der Waals surface area contributed by atoms with E-state index in [1.165, 1.54) is 12.1 Å². The van der Waals surface area contributed by atoms with Gasteiger partial charge < -0.3 is 0 Å². The molecule has 0 bridgehead atoms. The van der Waals surface area contributed by atoms with Crippen molar-refractivity contribution >= 4 is 17.3 Å². The van der Waals surface area contributed by atoms with Crippen molar-refractivity contribution in [1.29, 1.82) is 0 Å². The van der Waals surface area contributed by atoms with Crippen LogP contribution in [0.1, 0.15) is 0 Å². The minimum atomic E-state index is -0.892. The van der Waals surface area contributed by atoms with Gasteiger partial charge in [0.2, 0.25) is 0 Å². The molecule has 0 amide bonds. The third kappa shape index (κ3) is 2.17. The van der Waals surface area contributed by atoms with E-state index in [1.807, 2.05) is 0 Å². The molecular weight excluding hydrogens is 264 g/mol. The molecule has 0 spiro atoms. The highest BCUT2D eigenvalue weighted by Crippen LogP contribution is 2.33. The van der Waals surface area contributed by atoms with E-state index in [0.717, 1.165) is 24.3 Å². The average Bonchev–Trinajstić information content (AvgIpc) is 2.30. The lowest BCUT2D eigenvalue weighted by Gasteiger charge is -2.07. The van der Waals surface area contributed by atoms with Gasteiger partial charge in [0.05, 0.1) is 16.0 Å². The molecule has 0 heterocycles. The van der Waals surface area contributed by atoms with E-state index >= 15 is 0 Å². The molecule has 0 unspecified atom stereocenters. The summed E-state index contributed by atoms with van der Waals surface area (Å²) in [6.45, 7) is 0. The number of nitro benzene ring substituents is 1. The molecule has 0 aliphatic rings. The summed E-state index contributed by atoms with van der Waals surface area (Å²) in [6, 6.07) is 6.92. The zero-order valence-corrected chi connectivity index (χ0v) is 9.62. The van der Waals surface area contributed by atoms with Crippen LogP contribution in [0.2, 0.25) is 5.02 Å². The molecule has 3 nitrogen and oxygen atoms in total. The molecule has 6 heteroatoms. The fourth-order valence-corrected chi connectivity index (χ4v) is 1.84. The molecule has 0 aliphatic heterocycles. The lowest BCUT2D eigenvalue weighted by Crippen LogP contribution is -1.93. The molecule has 92 valence electrons. The number of non-ortho nitro benzene ring substituents is 1. The van der Waals surface area contributed by atoms with Crippen LogP contribution >= 0.6 is 11.6 Å². The van der Waals surface area contributed by atoms with Gasteiger partial charge in [0.1, 0.15) is 11.6 Å². The Hall–Kier alpha value is -2.01. The number of benzene rings is 2. The van der Waals surface area contributed by atoms with Crippen LogP contribution in [-0.4, -0.2) is 4.92 Å². The topological polar surface area (TPSA) is 43.1 Å². The fourth-order valence-electron chi connectivity index (χ4n) is 1.58. The first-order valence-corrected chi connectivity index (χ1v) is 5.27. The lowest BCUT2D eigenvalue weighted by molar-refractivity contribution is -0.385. The lowest BCUT2D eigenvalue weighted by atomic mass is 10.0. The second-order valence-corrected chi connectivity index (χ2v) is 3.93. The third-order valence-corrected chi connectivity index (χ3v) is 2.71. The Morgan fingerprint density at radius 3 is 2.39 bits per heavy atom. The number of hydrogen-bond acceptors (Lipinski definition) is 2.